The molecule has 2 aliphatic heterocycles. The number of rotatable bonds is 13. The van der Waals surface area contributed by atoms with E-state index in [-0.39, 0.29) is 42.1 Å². The first kappa shape index (κ1) is 30.5. The van der Waals surface area contributed by atoms with Crippen molar-refractivity contribution in [3.8, 4) is 0 Å². The van der Waals surface area contributed by atoms with Crippen molar-refractivity contribution in [2.45, 2.75) is 57.6 Å². The minimum atomic E-state index is -1.31. The van der Waals surface area contributed by atoms with Gasteiger partial charge in [0, 0.05) is 19.1 Å². The van der Waals surface area contributed by atoms with E-state index in [4.69, 9.17) is 25.2 Å². The molecule has 2 N–H and O–H groups in total. The molecule has 0 aliphatic carbocycles. The van der Waals surface area contributed by atoms with Gasteiger partial charge in [-0.1, -0.05) is 20.8 Å². The summed E-state index contributed by atoms with van der Waals surface area (Å²) in [5.41, 5.74) is -0.810. The molecule has 2 aromatic rings. The zero-order valence-electron chi connectivity index (χ0n) is 23.9. The molecule has 220 valence electrons. The lowest BCUT2D eigenvalue weighted by atomic mass is 9.91. The van der Waals surface area contributed by atoms with Gasteiger partial charge in [-0.25, -0.2) is 11.6 Å². The highest BCUT2D eigenvalue weighted by Crippen LogP contribution is 2.51. The SMILES string of the molecule is [C-]#[N+]CCOP(C)OC1[C@@H]2ON(CCCN(C)C)C[C@]1(CC)O[C@H]2n1cnc2c(=O)[nH]c(NC(=O)C(C)C)nc21. The van der Waals surface area contributed by atoms with Gasteiger partial charge in [0.1, 0.15) is 18.3 Å². The first-order valence-electron chi connectivity index (χ1n) is 13.5. The van der Waals surface area contributed by atoms with Crippen molar-refractivity contribution in [1.82, 2.24) is 29.5 Å². The van der Waals surface area contributed by atoms with Crippen molar-refractivity contribution in [3.63, 3.8) is 0 Å². The van der Waals surface area contributed by atoms with Crippen LogP contribution in [0.15, 0.2) is 11.1 Å². The van der Waals surface area contributed by atoms with Crippen LogP contribution in [0.25, 0.3) is 16.0 Å². The third-order valence-corrected chi connectivity index (χ3v) is 8.06. The van der Waals surface area contributed by atoms with Gasteiger partial charge < -0.3 is 23.5 Å². The highest BCUT2D eigenvalue weighted by molar-refractivity contribution is 7.46. The summed E-state index contributed by atoms with van der Waals surface area (Å²) in [6, 6.07) is 0. The van der Waals surface area contributed by atoms with Gasteiger partial charge >= 0.3 is 0 Å². The lowest BCUT2D eigenvalue weighted by Gasteiger charge is -2.43. The smallest absolute Gasteiger partial charge is 0.280 e. The molecule has 0 aromatic carbocycles. The lowest BCUT2D eigenvalue weighted by Crippen LogP contribution is -2.58. The van der Waals surface area contributed by atoms with E-state index in [1.165, 1.54) is 6.33 Å². The number of carbonyl (C=O) groups excluding carboxylic acids is 1. The molecule has 2 unspecified atom stereocenters. The molecule has 40 heavy (non-hydrogen) atoms. The fourth-order valence-corrected chi connectivity index (χ4v) is 5.90. The second kappa shape index (κ2) is 13.0. The summed E-state index contributed by atoms with van der Waals surface area (Å²) in [6.07, 6.45) is 1.28. The van der Waals surface area contributed by atoms with Crippen molar-refractivity contribution in [3.05, 3.63) is 28.1 Å². The Hall–Kier alpha value is -2.50. The predicted molar refractivity (Wildman–Crippen MR) is 150 cm³/mol. The Labute approximate surface area is 235 Å². The van der Waals surface area contributed by atoms with E-state index in [9.17, 15) is 9.59 Å². The fraction of sp³-hybridized carbons (Fsp3) is 0.720. The van der Waals surface area contributed by atoms with Crippen molar-refractivity contribution >= 4 is 31.4 Å². The Bertz CT molecular complexity index is 1280. The molecule has 0 saturated carbocycles. The predicted octanol–water partition coefficient (Wildman–Crippen LogP) is 2.22. The average Bonchev–Trinajstić information content (AvgIpc) is 3.38. The quantitative estimate of drug-likeness (QED) is 0.207. The molecule has 4 rings (SSSR count). The minimum Gasteiger partial charge on any atom is -0.344 e. The fourth-order valence-electron chi connectivity index (χ4n) is 4.87. The monoisotopic (exact) mass is 578 g/mol. The summed E-state index contributed by atoms with van der Waals surface area (Å²) in [5, 5.41) is 4.59. The summed E-state index contributed by atoms with van der Waals surface area (Å²) >= 11 is 0. The first-order chi connectivity index (χ1) is 19.1. The summed E-state index contributed by atoms with van der Waals surface area (Å²) in [7, 11) is 2.76. The second-order valence-corrected chi connectivity index (χ2v) is 11.9. The number of ether oxygens (including phenoxy) is 1. The minimum absolute atomic E-state index is 0.0356. The van der Waals surface area contributed by atoms with Crippen LogP contribution >= 0.6 is 8.38 Å². The van der Waals surface area contributed by atoms with Crippen LogP contribution in [0.2, 0.25) is 0 Å². The molecule has 2 bridgehead atoms. The molecule has 2 fully saturated rings. The zero-order chi connectivity index (χ0) is 29.0. The van der Waals surface area contributed by atoms with Crippen LogP contribution in [0.4, 0.5) is 5.95 Å². The Balaban J connectivity index is 1.67. The largest absolute Gasteiger partial charge is 0.344 e. The van der Waals surface area contributed by atoms with E-state index in [1.807, 2.05) is 32.7 Å². The number of hydroxylamine groups is 2. The standard InChI is InChI=1S/C25H39N8O6P/c1-8-25-14-32(12-9-11-31(5)6)38-18(19(25)39-40(7)36-13-10-26-4)23(37-25)33-15-27-17-20(33)28-24(30-22(17)35)29-21(34)16(2)3/h15-16,18-19,23H,8-14H2,1-3,5-7H3,(H2,28,29,30,34,35)/t18-,19?,23+,25-,40?/m0/s1. The number of fused-ring (bicyclic) bond motifs is 3. The van der Waals surface area contributed by atoms with E-state index >= 15 is 0 Å². The van der Waals surface area contributed by atoms with Crippen LogP contribution < -0.4 is 10.9 Å². The Kier molecular flexibility index (Phi) is 9.89. The molecule has 2 aliphatic rings. The normalized spacial score (nSPS) is 25.5. The number of aromatic amines is 1. The van der Waals surface area contributed by atoms with E-state index in [0.717, 1.165) is 13.0 Å². The molecule has 2 aromatic heterocycles. The van der Waals surface area contributed by atoms with Crippen LogP contribution in [-0.2, 0) is 23.4 Å². The van der Waals surface area contributed by atoms with Gasteiger partial charge in [-0.05, 0) is 33.5 Å². The summed E-state index contributed by atoms with van der Waals surface area (Å²) in [4.78, 5) is 48.5. The molecular weight excluding hydrogens is 539 g/mol. The number of carbonyl (C=O) groups is 1. The molecule has 2 saturated heterocycles. The van der Waals surface area contributed by atoms with Gasteiger partial charge in [-0.3, -0.25) is 29.3 Å². The molecule has 15 heteroatoms. The van der Waals surface area contributed by atoms with E-state index in [2.05, 4.69) is 30.0 Å². The highest BCUT2D eigenvalue weighted by atomic mass is 31.2. The average molecular weight is 579 g/mol. The van der Waals surface area contributed by atoms with Crippen LogP contribution in [0.1, 0.15) is 39.8 Å². The molecule has 5 atom stereocenters. The summed E-state index contributed by atoms with van der Waals surface area (Å²) in [6.45, 7) is 17.1. The number of imidazole rings is 1. The molecular formula is C25H39N8O6P. The van der Waals surface area contributed by atoms with E-state index in [1.54, 1.807) is 18.4 Å². The van der Waals surface area contributed by atoms with Crippen molar-refractivity contribution in [1.29, 1.82) is 0 Å². The zero-order valence-corrected chi connectivity index (χ0v) is 24.8. The van der Waals surface area contributed by atoms with Crippen molar-refractivity contribution < 1.29 is 23.4 Å². The van der Waals surface area contributed by atoms with Crippen molar-refractivity contribution in [2.24, 2.45) is 5.92 Å². The Morgan fingerprint density at radius 2 is 2.23 bits per heavy atom. The van der Waals surface area contributed by atoms with Gasteiger partial charge in [0.05, 0.1) is 12.9 Å². The topological polar surface area (TPSA) is 140 Å². The number of hydrogen-bond acceptors (Lipinski definition) is 10. The van der Waals surface area contributed by atoms with Crippen LogP contribution in [0.5, 0.6) is 0 Å². The Morgan fingerprint density at radius 3 is 2.90 bits per heavy atom. The number of aromatic nitrogens is 4. The molecule has 0 spiro atoms. The summed E-state index contributed by atoms with van der Waals surface area (Å²) < 4.78 is 20.7. The van der Waals surface area contributed by atoms with Crippen LogP contribution in [0, 0.1) is 12.5 Å². The van der Waals surface area contributed by atoms with Crippen LogP contribution in [-0.4, -0.2) is 107 Å². The maximum atomic E-state index is 12.8. The molecule has 1 amide bonds. The summed E-state index contributed by atoms with van der Waals surface area (Å²) in [5.74, 6) is -0.530. The number of nitrogens with zero attached hydrogens (tertiary/aromatic N) is 6. The number of nitrogens with one attached hydrogen (secondary N) is 2. The highest BCUT2D eigenvalue weighted by Gasteiger charge is 2.62. The Morgan fingerprint density at radius 1 is 1.45 bits per heavy atom. The molecule has 14 nitrogen and oxygen atoms in total. The van der Waals surface area contributed by atoms with E-state index < -0.39 is 38.0 Å². The third kappa shape index (κ3) is 6.52. The van der Waals surface area contributed by atoms with Gasteiger partial charge in [-0.2, -0.15) is 10.0 Å². The van der Waals surface area contributed by atoms with Crippen molar-refractivity contribution in [2.75, 3.05) is 58.9 Å². The number of H-pyrrole nitrogens is 1. The van der Waals surface area contributed by atoms with E-state index in [0.29, 0.717) is 19.5 Å². The first-order valence-corrected chi connectivity index (χ1v) is 15.1. The lowest BCUT2D eigenvalue weighted by molar-refractivity contribution is -0.260. The van der Waals surface area contributed by atoms with Crippen LogP contribution in [0.3, 0.4) is 0 Å². The van der Waals surface area contributed by atoms with Gasteiger partial charge in [0.2, 0.25) is 18.4 Å². The number of amides is 1. The van der Waals surface area contributed by atoms with Gasteiger partial charge in [-0.15, -0.1) is 0 Å². The molecule has 4 heterocycles. The maximum Gasteiger partial charge on any atom is 0.280 e. The second-order valence-electron chi connectivity index (χ2n) is 10.6. The van der Waals surface area contributed by atoms with Gasteiger partial charge in [0.25, 0.3) is 5.56 Å². The third-order valence-electron chi connectivity index (χ3n) is 6.99. The maximum absolute atomic E-state index is 12.8. The van der Waals surface area contributed by atoms with Gasteiger partial charge in [0.15, 0.2) is 31.9 Å². The number of hydrogen-bond donors (Lipinski definition) is 2. The number of anilines is 1. The molecule has 0 radical (unpaired) electrons.